The zero-order chi connectivity index (χ0) is 16.5. The lowest BCUT2D eigenvalue weighted by Crippen LogP contribution is -2.32. The minimum absolute atomic E-state index is 0.0558. The van der Waals surface area contributed by atoms with Crippen molar-refractivity contribution in [2.75, 3.05) is 18.4 Å². The molecule has 0 radical (unpaired) electrons. The summed E-state index contributed by atoms with van der Waals surface area (Å²) >= 11 is 11.9. The van der Waals surface area contributed by atoms with Crippen LogP contribution in [-0.4, -0.2) is 23.9 Å². The third-order valence-corrected chi connectivity index (χ3v) is 3.20. The van der Waals surface area contributed by atoms with Gasteiger partial charge >= 0.3 is 0 Å². The summed E-state index contributed by atoms with van der Waals surface area (Å²) in [6, 6.07) is 6.73. The molecule has 1 aromatic carbocycles. The molecule has 6 heteroatoms. The SMILES string of the molecule is C=CCN(CC=C)C(=O)/C(C#N)=C\Nc1cc(Cl)ccc1Cl. The Morgan fingerprint density at radius 2 is 1.95 bits per heavy atom. The van der Waals surface area contributed by atoms with Gasteiger partial charge in [-0.3, -0.25) is 4.79 Å². The number of nitriles is 1. The molecule has 1 N–H and O–H groups in total. The highest BCUT2D eigenvalue weighted by Gasteiger charge is 2.16. The standard InChI is InChI=1S/C16H15Cl2N3O/c1-3-7-21(8-4-2)16(22)12(10-19)11-20-15-9-13(17)5-6-14(15)18/h3-6,9,11,20H,1-2,7-8H2/b12-11-. The number of hydrogen-bond acceptors (Lipinski definition) is 3. The molecular weight excluding hydrogens is 321 g/mol. The summed E-state index contributed by atoms with van der Waals surface area (Å²) in [5.41, 5.74) is 0.452. The van der Waals surface area contributed by atoms with E-state index in [0.29, 0.717) is 28.8 Å². The highest BCUT2D eigenvalue weighted by atomic mass is 35.5. The molecule has 1 aromatic rings. The van der Waals surface area contributed by atoms with Gasteiger partial charge in [0.15, 0.2) is 0 Å². The van der Waals surface area contributed by atoms with E-state index in [1.165, 1.54) is 11.1 Å². The first-order valence-corrected chi connectivity index (χ1v) is 7.12. The molecule has 0 bridgehead atoms. The molecule has 4 nitrogen and oxygen atoms in total. The zero-order valence-electron chi connectivity index (χ0n) is 11.9. The summed E-state index contributed by atoms with van der Waals surface area (Å²) < 4.78 is 0. The Bertz CT molecular complexity index is 637. The Morgan fingerprint density at radius 3 is 2.50 bits per heavy atom. The Labute approximate surface area is 139 Å². The second kappa shape index (κ2) is 8.93. The maximum absolute atomic E-state index is 12.3. The average molecular weight is 336 g/mol. The highest BCUT2D eigenvalue weighted by molar-refractivity contribution is 6.35. The van der Waals surface area contributed by atoms with Crippen molar-refractivity contribution in [2.45, 2.75) is 0 Å². The van der Waals surface area contributed by atoms with Crippen molar-refractivity contribution in [1.82, 2.24) is 4.90 Å². The zero-order valence-corrected chi connectivity index (χ0v) is 13.4. The van der Waals surface area contributed by atoms with Crippen molar-refractivity contribution in [3.63, 3.8) is 0 Å². The fraction of sp³-hybridized carbons (Fsp3) is 0.125. The van der Waals surface area contributed by atoms with Crippen LogP contribution in [0.25, 0.3) is 0 Å². The molecule has 0 saturated carbocycles. The van der Waals surface area contributed by atoms with Crippen LogP contribution in [0.5, 0.6) is 0 Å². The molecule has 0 spiro atoms. The van der Waals surface area contributed by atoms with Crippen molar-refractivity contribution in [1.29, 1.82) is 5.26 Å². The minimum Gasteiger partial charge on any atom is -0.359 e. The van der Waals surface area contributed by atoms with Gasteiger partial charge in [-0.25, -0.2) is 0 Å². The van der Waals surface area contributed by atoms with Crippen LogP contribution < -0.4 is 5.32 Å². The lowest BCUT2D eigenvalue weighted by atomic mass is 10.2. The summed E-state index contributed by atoms with van der Waals surface area (Å²) in [5.74, 6) is -0.423. The summed E-state index contributed by atoms with van der Waals surface area (Å²) in [5, 5.41) is 12.9. The largest absolute Gasteiger partial charge is 0.359 e. The van der Waals surface area contributed by atoms with Crippen LogP contribution in [0.1, 0.15) is 0 Å². The summed E-state index contributed by atoms with van der Waals surface area (Å²) in [7, 11) is 0. The van der Waals surface area contributed by atoms with Crippen molar-refractivity contribution in [2.24, 2.45) is 0 Å². The molecule has 114 valence electrons. The van der Waals surface area contributed by atoms with Crippen molar-refractivity contribution in [3.05, 3.63) is 65.3 Å². The number of benzene rings is 1. The maximum atomic E-state index is 12.3. The molecule has 0 unspecified atom stereocenters. The van der Waals surface area contributed by atoms with E-state index in [-0.39, 0.29) is 5.57 Å². The lowest BCUT2D eigenvalue weighted by Gasteiger charge is -2.18. The molecule has 0 heterocycles. The Morgan fingerprint density at radius 1 is 1.32 bits per heavy atom. The van der Waals surface area contributed by atoms with Gasteiger partial charge in [0.2, 0.25) is 0 Å². The van der Waals surface area contributed by atoms with E-state index >= 15 is 0 Å². The smallest absolute Gasteiger partial charge is 0.266 e. The molecule has 1 rings (SSSR count). The Balaban J connectivity index is 2.96. The molecule has 0 atom stereocenters. The molecule has 0 aliphatic carbocycles. The van der Waals surface area contributed by atoms with Gasteiger partial charge in [-0.2, -0.15) is 5.26 Å². The van der Waals surface area contributed by atoms with E-state index in [1.807, 2.05) is 6.07 Å². The predicted molar refractivity (Wildman–Crippen MR) is 90.8 cm³/mol. The molecule has 0 aliphatic rings. The van der Waals surface area contributed by atoms with E-state index in [1.54, 1.807) is 30.4 Å². The number of hydrogen-bond donors (Lipinski definition) is 1. The Kier molecular flexibility index (Phi) is 7.24. The lowest BCUT2D eigenvalue weighted by molar-refractivity contribution is -0.125. The van der Waals surface area contributed by atoms with E-state index in [9.17, 15) is 4.79 Å². The molecule has 1 amide bonds. The molecule has 0 saturated heterocycles. The van der Waals surface area contributed by atoms with Crippen LogP contribution in [0.15, 0.2) is 55.3 Å². The van der Waals surface area contributed by atoms with Crippen LogP contribution in [0, 0.1) is 11.3 Å². The molecule has 0 aromatic heterocycles. The van der Waals surface area contributed by atoms with Gasteiger partial charge in [0.1, 0.15) is 11.6 Å². The van der Waals surface area contributed by atoms with Gasteiger partial charge in [0.25, 0.3) is 5.91 Å². The van der Waals surface area contributed by atoms with Gasteiger partial charge in [-0.05, 0) is 18.2 Å². The van der Waals surface area contributed by atoms with Gasteiger partial charge in [0, 0.05) is 24.3 Å². The second-order valence-electron chi connectivity index (χ2n) is 4.23. The van der Waals surface area contributed by atoms with E-state index in [0.717, 1.165) is 0 Å². The van der Waals surface area contributed by atoms with Crippen LogP contribution >= 0.6 is 23.2 Å². The van der Waals surface area contributed by atoms with E-state index < -0.39 is 5.91 Å². The fourth-order valence-corrected chi connectivity index (χ4v) is 1.97. The van der Waals surface area contributed by atoms with Crippen LogP contribution in [0.3, 0.4) is 0 Å². The first kappa shape index (κ1) is 17.8. The number of carbonyl (C=O) groups is 1. The molecule has 22 heavy (non-hydrogen) atoms. The second-order valence-corrected chi connectivity index (χ2v) is 5.07. The van der Waals surface area contributed by atoms with Crippen molar-refractivity contribution >= 4 is 34.8 Å². The van der Waals surface area contributed by atoms with Crippen molar-refractivity contribution < 1.29 is 4.79 Å². The van der Waals surface area contributed by atoms with Crippen LogP contribution in [0.2, 0.25) is 10.0 Å². The van der Waals surface area contributed by atoms with Crippen LogP contribution in [0.4, 0.5) is 5.69 Å². The predicted octanol–water partition coefficient (Wildman–Crippen LogP) is 4.01. The number of anilines is 1. The number of halogens is 2. The molecular formula is C16H15Cl2N3O. The summed E-state index contributed by atoms with van der Waals surface area (Å²) in [4.78, 5) is 13.7. The summed E-state index contributed by atoms with van der Waals surface area (Å²) in [6.07, 6.45) is 4.47. The van der Waals surface area contributed by atoms with Crippen molar-refractivity contribution in [3.8, 4) is 6.07 Å². The van der Waals surface area contributed by atoms with Crippen LogP contribution in [-0.2, 0) is 4.79 Å². The first-order chi connectivity index (χ1) is 10.5. The van der Waals surface area contributed by atoms with E-state index in [2.05, 4.69) is 18.5 Å². The van der Waals surface area contributed by atoms with Gasteiger partial charge in [-0.1, -0.05) is 35.4 Å². The maximum Gasteiger partial charge on any atom is 0.266 e. The third-order valence-electron chi connectivity index (χ3n) is 2.64. The average Bonchev–Trinajstić information content (AvgIpc) is 2.50. The van der Waals surface area contributed by atoms with Gasteiger partial charge in [-0.15, -0.1) is 13.2 Å². The minimum atomic E-state index is -0.423. The number of nitrogens with zero attached hydrogens (tertiary/aromatic N) is 2. The summed E-state index contributed by atoms with van der Waals surface area (Å²) in [6.45, 7) is 7.82. The fourth-order valence-electron chi connectivity index (χ4n) is 1.62. The molecule has 0 aliphatic heterocycles. The number of carbonyl (C=O) groups excluding carboxylic acids is 1. The number of amides is 1. The van der Waals surface area contributed by atoms with E-state index in [4.69, 9.17) is 28.5 Å². The third kappa shape index (κ3) is 4.96. The quantitative estimate of drug-likeness (QED) is 0.465. The Hall–Kier alpha value is -2.22. The normalized spacial score (nSPS) is 10.5. The number of rotatable bonds is 7. The highest BCUT2D eigenvalue weighted by Crippen LogP contribution is 2.25. The molecule has 0 fully saturated rings. The topological polar surface area (TPSA) is 56.1 Å². The van der Waals surface area contributed by atoms with Gasteiger partial charge < -0.3 is 10.2 Å². The monoisotopic (exact) mass is 335 g/mol. The number of nitrogens with one attached hydrogen (secondary N) is 1. The van der Waals surface area contributed by atoms with Gasteiger partial charge in [0.05, 0.1) is 10.7 Å². The first-order valence-electron chi connectivity index (χ1n) is 6.36.